The minimum absolute atomic E-state index is 0.720. The van der Waals surface area contributed by atoms with E-state index in [2.05, 4.69) is 0 Å². The van der Waals surface area contributed by atoms with Crippen LogP contribution in [0.1, 0.15) is 0 Å². The van der Waals surface area contributed by atoms with Crippen molar-refractivity contribution in [3.05, 3.63) is 60.2 Å². The summed E-state index contributed by atoms with van der Waals surface area (Å²) in [4.78, 5) is 0. The minimum atomic E-state index is -0.803. The molecule has 16 heavy (non-hydrogen) atoms. The molecule has 0 saturated heterocycles. The molecule has 0 aliphatic carbocycles. The predicted molar refractivity (Wildman–Crippen MR) is 61.4 cm³/mol. The number of hydrogen-bond acceptors (Lipinski definition) is 0. The van der Waals surface area contributed by atoms with Crippen LogP contribution >= 0.6 is 0 Å². The van der Waals surface area contributed by atoms with Gasteiger partial charge in [-0.2, -0.15) is 0 Å². The molecule has 78 valence electrons. The lowest BCUT2D eigenvalue weighted by Gasteiger charge is -2.04. The topological polar surface area (TPSA) is 0 Å². The van der Waals surface area contributed by atoms with Crippen molar-refractivity contribution < 1.29 is 8.78 Å². The molecule has 3 aromatic rings. The smallest absolute Gasteiger partial charge is 0.159 e. The summed E-state index contributed by atoms with van der Waals surface area (Å²) in [6.45, 7) is 0. The zero-order chi connectivity index (χ0) is 11.1. The Balaban J connectivity index is 2.55. The average Bonchev–Trinajstić information content (AvgIpc) is 2.31. The molecule has 0 spiro atoms. The van der Waals surface area contributed by atoms with E-state index in [0.717, 1.165) is 21.5 Å². The summed E-state index contributed by atoms with van der Waals surface area (Å²) in [5, 5.41) is 3.44. The first-order valence-electron chi connectivity index (χ1n) is 5.02. The molecule has 0 fully saturated rings. The largest absolute Gasteiger partial charge is 0.204 e. The highest BCUT2D eigenvalue weighted by atomic mass is 19.2. The van der Waals surface area contributed by atoms with Crippen LogP contribution in [-0.2, 0) is 0 Å². The van der Waals surface area contributed by atoms with E-state index in [1.807, 2.05) is 30.3 Å². The monoisotopic (exact) mass is 214 g/mol. The SMILES string of the molecule is Fc1cc2ccc3ccccc3c2cc1F. The van der Waals surface area contributed by atoms with Gasteiger partial charge in [0.25, 0.3) is 0 Å². The fraction of sp³-hybridized carbons (Fsp3) is 0. The third kappa shape index (κ3) is 1.27. The van der Waals surface area contributed by atoms with Gasteiger partial charge in [-0.25, -0.2) is 8.78 Å². The molecule has 3 rings (SSSR count). The van der Waals surface area contributed by atoms with E-state index >= 15 is 0 Å². The molecular formula is C14H8F2. The van der Waals surface area contributed by atoms with E-state index in [0.29, 0.717) is 0 Å². The molecule has 0 nitrogen and oxygen atoms in total. The van der Waals surface area contributed by atoms with E-state index in [1.165, 1.54) is 12.1 Å². The van der Waals surface area contributed by atoms with Crippen LogP contribution in [-0.4, -0.2) is 0 Å². The molecule has 0 aliphatic rings. The van der Waals surface area contributed by atoms with Gasteiger partial charge in [-0.1, -0.05) is 36.4 Å². The van der Waals surface area contributed by atoms with Crippen molar-refractivity contribution in [1.82, 2.24) is 0 Å². The summed E-state index contributed by atoms with van der Waals surface area (Å²) < 4.78 is 26.3. The van der Waals surface area contributed by atoms with Crippen molar-refractivity contribution in [3.63, 3.8) is 0 Å². The highest BCUT2D eigenvalue weighted by molar-refractivity contribution is 6.07. The molecular weight excluding hydrogens is 206 g/mol. The van der Waals surface area contributed by atoms with Crippen LogP contribution in [0.3, 0.4) is 0 Å². The van der Waals surface area contributed by atoms with Crippen molar-refractivity contribution in [3.8, 4) is 0 Å². The highest BCUT2D eigenvalue weighted by Gasteiger charge is 2.06. The first-order chi connectivity index (χ1) is 7.75. The second-order valence-electron chi connectivity index (χ2n) is 3.77. The van der Waals surface area contributed by atoms with Gasteiger partial charge in [0.05, 0.1) is 0 Å². The van der Waals surface area contributed by atoms with Gasteiger partial charge in [-0.15, -0.1) is 0 Å². The van der Waals surface area contributed by atoms with Crippen LogP contribution in [0.15, 0.2) is 48.5 Å². The maximum atomic E-state index is 13.2. The summed E-state index contributed by atoms with van der Waals surface area (Å²) in [5.74, 6) is -1.60. The maximum absolute atomic E-state index is 13.2. The highest BCUT2D eigenvalue weighted by Crippen LogP contribution is 2.26. The second kappa shape index (κ2) is 3.27. The quantitative estimate of drug-likeness (QED) is 0.490. The van der Waals surface area contributed by atoms with Crippen molar-refractivity contribution in [2.75, 3.05) is 0 Å². The number of rotatable bonds is 0. The lowest BCUT2D eigenvalue weighted by atomic mass is 10.0. The molecule has 0 aromatic heterocycles. The summed E-state index contributed by atoms with van der Waals surface area (Å²) in [5.41, 5.74) is 0. The Bertz CT molecular complexity index is 687. The molecule has 2 heteroatoms. The van der Waals surface area contributed by atoms with Crippen LogP contribution in [0.5, 0.6) is 0 Å². The minimum Gasteiger partial charge on any atom is -0.204 e. The van der Waals surface area contributed by atoms with Crippen molar-refractivity contribution in [2.24, 2.45) is 0 Å². The van der Waals surface area contributed by atoms with E-state index < -0.39 is 11.6 Å². The third-order valence-electron chi connectivity index (χ3n) is 2.79. The van der Waals surface area contributed by atoms with Gasteiger partial charge in [0.1, 0.15) is 0 Å². The van der Waals surface area contributed by atoms with Gasteiger partial charge >= 0.3 is 0 Å². The van der Waals surface area contributed by atoms with Crippen LogP contribution in [0.2, 0.25) is 0 Å². The zero-order valence-corrected chi connectivity index (χ0v) is 8.37. The van der Waals surface area contributed by atoms with Crippen molar-refractivity contribution >= 4 is 21.5 Å². The fourth-order valence-electron chi connectivity index (χ4n) is 2.00. The summed E-state index contributed by atoms with van der Waals surface area (Å²) >= 11 is 0. The van der Waals surface area contributed by atoms with Gasteiger partial charge in [0, 0.05) is 0 Å². The van der Waals surface area contributed by atoms with Crippen LogP contribution < -0.4 is 0 Å². The Kier molecular flexibility index (Phi) is 1.90. The molecule has 0 saturated carbocycles. The predicted octanol–water partition coefficient (Wildman–Crippen LogP) is 4.27. The molecule has 0 amide bonds. The Labute approximate surface area is 91.1 Å². The van der Waals surface area contributed by atoms with Crippen LogP contribution in [0, 0.1) is 11.6 Å². The van der Waals surface area contributed by atoms with Gasteiger partial charge < -0.3 is 0 Å². The lowest BCUT2D eigenvalue weighted by Crippen LogP contribution is -1.85. The molecule has 0 unspecified atom stereocenters. The fourth-order valence-corrected chi connectivity index (χ4v) is 2.00. The average molecular weight is 214 g/mol. The summed E-state index contributed by atoms with van der Waals surface area (Å²) in [6.07, 6.45) is 0. The van der Waals surface area contributed by atoms with Gasteiger partial charge in [0.15, 0.2) is 11.6 Å². The Morgan fingerprint density at radius 3 is 2.19 bits per heavy atom. The van der Waals surface area contributed by atoms with E-state index in [4.69, 9.17) is 0 Å². The molecule has 3 aromatic carbocycles. The lowest BCUT2D eigenvalue weighted by molar-refractivity contribution is 0.511. The number of halogens is 2. The summed E-state index contributed by atoms with van der Waals surface area (Å²) in [7, 11) is 0. The summed E-state index contributed by atoms with van der Waals surface area (Å²) in [6, 6.07) is 13.9. The van der Waals surface area contributed by atoms with Gasteiger partial charge in [0.2, 0.25) is 0 Å². The molecule has 0 heterocycles. The number of benzene rings is 3. The van der Waals surface area contributed by atoms with Crippen LogP contribution in [0.4, 0.5) is 8.78 Å². The maximum Gasteiger partial charge on any atom is 0.159 e. The Morgan fingerprint density at radius 2 is 1.31 bits per heavy atom. The first-order valence-corrected chi connectivity index (χ1v) is 5.02. The molecule has 0 radical (unpaired) electrons. The van der Waals surface area contributed by atoms with Crippen molar-refractivity contribution in [1.29, 1.82) is 0 Å². The van der Waals surface area contributed by atoms with Crippen molar-refractivity contribution in [2.45, 2.75) is 0 Å². The molecule has 0 aliphatic heterocycles. The standard InChI is InChI=1S/C14H8F2/c15-13-7-10-6-5-9-3-1-2-4-11(9)12(10)8-14(13)16/h1-8H. The van der Waals surface area contributed by atoms with E-state index in [9.17, 15) is 8.78 Å². The molecule has 0 N–H and O–H groups in total. The number of hydrogen-bond donors (Lipinski definition) is 0. The van der Waals surface area contributed by atoms with E-state index in [1.54, 1.807) is 6.07 Å². The molecule has 0 bridgehead atoms. The van der Waals surface area contributed by atoms with Gasteiger partial charge in [-0.05, 0) is 33.7 Å². The molecule has 0 atom stereocenters. The first kappa shape index (κ1) is 9.28. The Hall–Kier alpha value is -1.96. The van der Waals surface area contributed by atoms with Crippen LogP contribution in [0.25, 0.3) is 21.5 Å². The third-order valence-corrected chi connectivity index (χ3v) is 2.79. The Morgan fingerprint density at radius 1 is 0.625 bits per heavy atom. The van der Waals surface area contributed by atoms with Gasteiger partial charge in [-0.3, -0.25) is 0 Å². The zero-order valence-electron chi connectivity index (χ0n) is 8.37. The number of fused-ring (bicyclic) bond motifs is 3. The van der Waals surface area contributed by atoms with E-state index in [-0.39, 0.29) is 0 Å². The second-order valence-corrected chi connectivity index (χ2v) is 3.77. The normalized spacial score (nSPS) is 11.1.